The number of hydrogen-bond acceptors (Lipinski definition) is 5. The molecule has 2 aromatic heterocycles. The van der Waals surface area contributed by atoms with Crippen LogP contribution in [0, 0.1) is 23.7 Å². The number of pyridine rings is 1. The molecule has 2 saturated carbocycles. The number of hydrogen-bond donors (Lipinski definition) is 1. The molecule has 2 bridgehead atoms. The van der Waals surface area contributed by atoms with E-state index in [1.165, 1.54) is 12.1 Å². The van der Waals surface area contributed by atoms with E-state index in [1.54, 1.807) is 12.3 Å². The topological polar surface area (TPSA) is 92.5 Å². The van der Waals surface area contributed by atoms with Crippen LogP contribution < -0.4 is 10.2 Å². The lowest BCUT2D eigenvalue weighted by atomic mass is 9.81. The second kappa shape index (κ2) is 6.26. The Balaban J connectivity index is 1.26. The number of imide groups is 1. The SMILES string of the molecule is O=C(Nc1cccc2cccnc12)c1ccc(N2C(=O)[C@@H]3[C@@H]4CC[C@@H](C4)[C@@H]3C2=O)o1. The van der Waals surface area contributed by atoms with E-state index in [1.807, 2.05) is 24.3 Å². The van der Waals surface area contributed by atoms with Crippen molar-refractivity contribution >= 4 is 40.2 Å². The number of aromatic nitrogens is 1. The summed E-state index contributed by atoms with van der Waals surface area (Å²) in [6.45, 7) is 0. The molecule has 1 saturated heterocycles. The van der Waals surface area contributed by atoms with Gasteiger partial charge in [-0.25, -0.2) is 4.90 Å². The molecule has 2 aliphatic carbocycles. The molecule has 150 valence electrons. The third-order valence-electron chi connectivity index (χ3n) is 6.84. The summed E-state index contributed by atoms with van der Waals surface area (Å²) in [7, 11) is 0. The molecule has 30 heavy (non-hydrogen) atoms. The first-order chi connectivity index (χ1) is 14.6. The molecule has 0 radical (unpaired) electrons. The number of rotatable bonds is 3. The van der Waals surface area contributed by atoms with E-state index in [4.69, 9.17) is 4.42 Å². The summed E-state index contributed by atoms with van der Waals surface area (Å²) in [5.74, 6) is -0.498. The van der Waals surface area contributed by atoms with Gasteiger partial charge in [0.25, 0.3) is 5.91 Å². The van der Waals surface area contributed by atoms with Crippen LogP contribution in [0.1, 0.15) is 29.8 Å². The average Bonchev–Trinajstić information content (AvgIpc) is 3.52. The fourth-order valence-electron chi connectivity index (χ4n) is 5.58. The van der Waals surface area contributed by atoms with E-state index >= 15 is 0 Å². The molecule has 1 aliphatic heterocycles. The highest BCUT2D eigenvalue weighted by atomic mass is 16.4. The van der Waals surface area contributed by atoms with Crippen molar-refractivity contribution in [3.8, 4) is 0 Å². The maximum Gasteiger partial charge on any atom is 0.291 e. The molecule has 3 heterocycles. The summed E-state index contributed by atoms with van der Waals surface area (Å²) in [5, 5.41) is 3.72. The second-order valence-corrected chi connectivity index (χ2v) is 8.37. The third-order valence-corrected chi connectivity index (χ3v) is 6.84. The Kier molecular flexibility index (Phi) is 3.63. The third kappa shape index (κ3) is 2.38. The number of para-hydroxylation sites is 1. The fraction of sp³-hybridized carbons (Fsp3) is 0.304. The Labute approximate surface area is 172 Å². The van der Waals surface area contributed by atoms with Crippen LogP contribution in [0.5, 0.6) is 0 Å². The summed E-state index contributed by atoms with van der Waals surface area (Å²) in [6.07, 6.45) is 4.68. The molecule has 0 unspecified atom stereocenters. The zero-order valence-corrected chi connectivity index (χ0v) is 16.1. The maximum atomic E-state index is 12.9. The molecular formula is C23H19N3O4. The smallest absolute Gasteiger partial charge is 0.291 e. The van der Waals surface area contributed by atoms with Crippen LogP contribution in [0.2, 0.25) is 0 Å². The van der Waals surface area contributed by atoms with Gasteiger partial charge in [-0.05, 0) is 49.3 Å². The first-order valence-electron chi connectivity index (χ1n) is 10.2. The van der Waals surface area contributed by atoms with Crippen LogP contribution in [0.25, 0.3) is 10.9 Å². The van der Waals surface area contributed by atoms with Gasteiger partial charge in [0.1, 0.15) is 0 Å². The van der Waals surface area contributed by atoms with Gasteiger partial charge in [0.2, 0.25) is 17.7 Å². The minimum Gasteiger partial charge on any atom is -0.434 e. The molecule has 1 N–H and O–H groups in total. The van der Waals surface area contributed by atoms with Crippen LogP contribution in [-0.4, -0.2) is 22.7 Å². The molecule has 4 atom stereocenters. The minimum absolute atomic E-state index is 0.0403. The number of benzene rings is 1. The van der Waals surface area contributed by atoms with E-state index < -0.39 is 5.91 Å². The van der Waals surface area contributed by atoms with Crippen molar-refractivity contribution in [2.45, 2.75) is 19.3 Å². The minimum atomic E-state index is -0.459. The number of carbonyl (C=O) groups is 3. The van der Waals surface area contributed by atoms with Crippen LogP contribution in [0.4, 0.5) is 11.6 Å². The lowest BCUT2D eigenvalue weighted by molar-refractivity contribution is -0.123. The summed E-state index contributed by atoms with van der Waals surface area (Å²) in [6, 6.07) is 12.3. The molecular weight excluding hydrogens is 382 g/mol. The number of amides is 3. The summed E-state index contributed by atoms with van der Waals surface area (Å²) < 4.78 is 5.66. The fourth-order valence-corrected chi connectivity index (χ4v) is 5.58. The van der Waals surface area contributed by atoms with Crippen molar-refractivity contribution < 1.29 is 18.8 Å². The van der Waals surface area contributed by atoms with Crippen LogP contribution >= 0.6 is 0 Å². The molecule has 6 rings (SSSR count). The molecule has 7 nitrogen and oxygen atoms in total. The highest BCUT2D eigenvalue weighted by Gasteiger charge is 2.61. The molecule has 3 aliphatic rings. The Morgan fingerprint density at radius 3 is 2.50 bits per heavy atom. The largest absolute Gasteiger partial charge is 0.434 e. The quantitative estimate of drug-likeness (QED) is 0.677. The van der Waals surface area contributed by atoms with Gasteiger partial charge < -0.3 is 9.73 Å². The number of anilines is 2. The van der Waals surface area contributed by atoms with E-state index in [2.05, 4.69) is 10.3 Å². The van der Waals surface area contributed by atoms with Crippen LogP contribution in [0.15, 0.2) is 53.1 Å². The number of furan rings is 1. The summed E-state index contributed by atoms with van der Waals surface area (Å²) in [5.41, 5.74) is 1.24. The highest BCUT2D eigenvalue weighted by molar-refractivity contribution is 6.22. The van der Waals surface area contributed by atoms with Gasteiger partial charge in [0.05, 0.1) is 23.0 Å². The Morgan fingerprint density at radius 1 is 1.00 bits per heavy atom. The first kappa shape index (κ1) is 17.4. The Morgan fingerprint density at radius 2 is 1.73 bits per heavy atom. The van der Waals surface area contributed by atoms with Gasteiger partial charge >= 0.3 is 0 Å². The van der Waals surface area contributed by atoms with Gasteiger partial charge in [-0.3, -0.25) is 19.4 Å². The molecule has 1 aromatic carbocycles. The predicted octanol–water partition coefficient (Wildman–Crippen LogP) is 3.62. The number of nitrogens with one attached hydrogen (secondary N) is 1. The van der Waals surface area contributed by atoms with Gasteiger partial charge in [0, 0.05) is 17.6 Å². The van der Waals surface area contributed by atoms with E-state index in [0.29, 0.717) is 23.0 Å². The van der Waals surface area contributed by atoms with Gasteiger partial charge in [-0.2, -0.15) is 0 Å². The van der Waals surface area contributed by atoms with Gasteiger partial charge in [-0.15, -0.1) is 0 Å². The summed E-state index contributed by atoms with van der Waals surface area (Å²) >= 11 is 0. The van der Waals surface area contributed by atoms with Crippen molar-refractivity contribution in [2.75, 3.05) is 10.2 Å². The standard InChI is InChI=1S/C23H19N3O4/c27-21(25-15-5-1-3-12-4-2-10-24-20(12)15)16-8-9-17(30-16)26-22(28)18-13-6-7-14(11-13)19(18)23(26)29/h1-5,8-10,13-14,18-19H,6-7,11H2,(H,25,27)/t13-,14+,18-,19+. The maximum absolute atomic E-state index is 12.9. The molecule has 3 fully saturated rings. The van der Waals surface area contributed by atoms with E-state index in [9.17, 15) is 14.4 Å². The van der Waals surface area contributed by atoms with Gasteiger partial charge in [0.15, 0.2) is 5.76 Å². The van der Waals surface area contributed by atoms with Crippen molar-refractivity contribution in [3.05, 3.63) is 54.4 Å². The molecule has 3 aromatic rings. The lowest BCUT2D eigenvalue weighted by Gasteiger charge is -2.19. The lowest BCUT2D eigenvalue weighted by Crippen LogP contribution is -2.32. The highest BCUT2D eigenvalue weighted by Crippen LogP contribution is 2.56. The monoisotopic (exact) mass is 401 g/mol. The number of carbonyl (C=O) groups excluding carboxylic acids is 3. The molecule has 0 spiro atoms. The zero-order valence-electron chi connectivity index (χ0n) is 16.1. The first-order valence-corrected chi connectivity index (χ1v) is 10.2. The number of fused-ring (bicyclic) bond motifs is 6. The summed E-state index contributed by atoms with van der Waals surface area (Å²) in [4.78, 5) is 44.1. The Bertz CT molecular complexity index is 1180. The average molecular weight is 401 g/mol. The van der Waals surface area contributed by atoms with Crippen molar-refractivity contribution in [3.63, 3.8) is 0 Å². The normalized spacial score (nSPS) is 27.1. The molecule has 7 heteroatoms. The predicted molar refractivity (Wildman–Crippen MR) is 109 cm³/mol. The van der Waals surface area contributed by atoms with Crippen molar-refractivity contribution in [1.82, 2.24) is 4.98 Å². The van der Waals surface area contributed by atoms with Gasteiger partial charge in [-0.1, -0.05) is 18.2 Å². The van der Waals surface area contributed by atoms with Crippen LogP contribution in [-0.2, 0) is 9.59 Å². The molecule has 3 amide bonds. The van der Waals surface area contributed by atoms with Crippen molar-refractivity contribution in [1.29, 1.82) is 0 Å². The van der Waals surface area contributed by atoms with E-state index in [-0.39, 0.29) is 35.3 Å². The van der Waals surface area contributed by atoms with Crippen LogP contribution in [0.3, 0.4) is 0 Å². The number of nitrogens with zero attached hydrogens (tertiary/aromatic N) is 2. The Hall–Kier alpha value is -3.48. The van der Waals surface area contributed by atoms with E-state index in [0.717, 1.165) is 29.5 Å². The second-order valence-electron chi connectivity index (χ2n) is 8.37. The van der Waals surface area contributed by atoms with Crippen molar-refractivity contribution in [2.24, 2.45) is 23.7 Å². The zero-order chi connectivity index (χ0) is 20.4.